The number of anilines is 1. The van der Waals surface area contributed by atoms with Gasteiger partial charge in [-0.05, 0) is 35.9 Å². The minimum Gasteiger partial charge on any atom is -0.399 e. The Morgan fingerprint density at radius 3 is 2.90 bits per heavy atom. The van der Waals surface area contributed by atoms with Crippen LogP contribution in [0, 0.1) is 0 Å². The standard InChI is InChI=1S/C12H13Cl2N5O/c1-6-10(2-3-20-6)19-12(16-17-18-19)8-4-7(15)5-9(13)11(8)14/h4-6,10H,2-3,15H2,1H3. The third kappa shape index (κ3) is 2.24. The topological polar surface area (TPSA) is 78.8 Å². The Balaban J connectivity index is 2.10. The second-order valence-electron chi connectivity index (χ2n) is 4.74. The maximum absolute atomic E-state index is 6.24. The minimum atomic E-state index is 0.0487. The van der Waals surface area contributed by atoms with Gasteiger partial charge in [0.15, 0.2) is 5.82 Å². The minimum absolute atomic E-state index is 0.0487. The summed E-state index contributed by atoms with van der Waals surface area (Å²) in [6.07, 6.45) is 0.903. The summed E-state index contributed by atoms with van der Waals surface area (Å²) >= 11 is 12.3. The summed E-state index contributed by atoms with van der Waals surface area (Å²) in [5.74, 6) is 0.548. The predicted molar refractivity (Wildman–Crippen MR) is 76.8 cm³/mol. The summed E-state index contributed by atoms with van der Waals surface area (Å²) in [4.78, 5) is 0. The van der Waals surface area contributed by atoms with Crippen molar-refractivity contribution in [1.29, 1.82) is 0 Å². The lowest BCUT2D eigenvalue weighted by molar-refractivity contribution is 0.105. The highest BCUT2D eigenvalue weighted by Crippen LogP contribution is 2.36. The van der Waals surface area contributed by atoms with Crippen molar-refractivity contribution < 1.29 is 4.74 Å². The van der Waals surface area contributed by atoms with Gasteiger partial charge in [-0.2, -0.15) is 0 Å². The van der Waals surface area contributed by atoms with E-state index in [1.807, 2.05) is 6.92 Å². The normalized spacial score (nSPS) is 22.4. The molecule has 1 fully saturated rings. The average molecular weight is 314 g/mol. The average Bonchev–Trinajstić information content (AvgIpc) is 3.01. The van der Waals surface area contributed by atoms with Crippen LogP contribution >= 0.6 is 23.2 Å². The lowest BCUT2D eigenvalue weighted by Crippen LogP contribution is -2.19. The molecule has 106 valence electrons. The van der Waals surface area contributed by atoms with Crippen LogP contribution in [0.2, 0.25) is 10.0 Å². The maximum atomic E-state index is 6.24. The van der Waals surface area contributed by atoms with Gasteiger partial charge in [-0.1, -0.05) is 23.2 Å². The maximum Gasteiger partial charge on any atom is 0.184 e. The fourth-order valence-electron chi connectivity index (χ4n) is 2.41. The number of halogens is 2. The van der Waals surface area contributed by atoms with Crippen LogP contribution in [0.4, 0.5) is 5.69 Å². The Hall–Kier alpha value is -1.37. The van der Waals surface area contributed by atoms with Gasteiger partial charge < -0.3 is 10.5 Å². The molecule has 3 rings (SSSR count). The first kappa shape index (κ1) is 13.6. The van der Waals surface area contributed by atoms with Gasteiger partial charge in [0.25, 0.3) is 0 Å². The first-order chi connectivity index (χ1) is 9.58. The highest BCUT2D eigenvalue weighted by atomic mass is 35.5. The van der Waals surface area contributed by atoms with Gasteiger partial charge >= 0.3 is 0 Å². The van der Waals surface area contributed by atoms with E-state index in [0.717, 1.165) is 6.42 Å². The SMILES string of the molecule is CC1OCCC1n1nnnc1-c1cc(N)cc(Cl)c1Cl. The largest absolute Gasteiger partial charge is 0.399 e. The Morgan fingerprint density at radius 1 is 1.40 bits per heavy atom. The lowest BCUT2D eigenvalue weighted by atomic mass is 10.1. The summed E-state index contributed by atoms with van der Waals surface area (Å²) in [7, 11) is 0. The molecule has 20 heavy (non-hydrogen) atoms. The number of nitrogens with two attached hydrogens (primary N) is 1. The fraction of sp³-hybridized carbons (Fsp3) is 0.417. The monoisotopic (exact) mass is 313 g/mol. The van der Waals surface area contributed by atoms with Crippen LogP contribution in [-0.4, -0.2) is 32.9 Å². The summed E-state index contributed by atoms with van der Waals surface area (Å²) in [6.45, 7) is 2.69. The van der Waals surface area contributed by atoms with E-state index in [-0.39, 0.29) is 12.1 Å². The second-order valence-corrected chi connectivity index (χ2v) is 5.53. The second kappa shape index (κ2) is 5.20. The molecular formula is C12H13Cl2N5O. The van der Waals surface area contributed by atoms with Crippen molar-refractivity contribution in [2.45, 2.75) is 25.5 Å². The molecule has 1 aromatic carbocycles. The van der Waals surface area contributed by atoms with E-state index >= 15 is 0 Å². The Labute approximate surface area is 125 Å². The third-order valence-corrected chi connectivity index (χ3v) is 4.24. The Morgan fingerprint density at radius 2 is 2.20 bits per heavy atom. The summed E-state index contributed by atoms with van der Waals surface area (Å²) in [5.41, 5.74) is 6.96. The van der Waals surface area contributed by atoms with Gasteiger partial charge in [0.05, 0.1) is 22.2 Å². The molecule has 2 heterocycles. The molecule has 1 aliphatic rings. The highest BCUT2D eigenvalue weighted by Gasteiger charge is 2.30. The van der Waals surface area contributed by atoms with E-state index in [9.17, 15) is 0 Å². The summed E-state index contributed by atoms with van der Waals surface area (Å²) in [5, 5.41) is 12.6. The highest BCUT2D eigenvalue weighted by molar-refractivity contribution is 6.43. The van der Waals surface area contributed by atoms with Gasteiger partial charge in [0.2, 0.25) is 0 Å². The summed E-state index contributed by atoms with van der Waals surface area (Å²) in [6, 6.07) is 3.40. The first-order valence-electron chi connectivity index (χ1n) is 6.22. The zero-order chi connectivity index (χ0) is 14.3. The van der Waals surface area contributed by atoms with Crippen molar-refractivity contribution in [3.63, 3.8) is 0 Å². The van der Waals surface area contributed by atoms with Gasteiger partial charge in [-0.25, -0.2) is 4.68 Å². The van der Waals surface area contributed by atoms with Crippen molar-refractivity contribution in [2.75, 3.05) is 12.3 Å². The molecular weight excluding hydrogens is 301 g/mol. The van der Waals surface area contributed by atoms with Crippen LogP contribution in [0.1, 0.15) is 19.4 Å². The number of tetrazole rings is 1. The zero-order valence-electron chi connectivity index (χ0n) is 10.8. The van der Waals surface area contributed by atoms with Crippen molar-refractivity contribution in [2.24, 2.45) is 0 Å². The third-order valence-electron chi connectivity index (χ3n) is 3.43. The van der Waals surface area contributed by atoms with E-state index in [0.29, 0.717) is 33.7 Å². The van der Waals surface area contributed by atoms with Gasteiger partial charge in [-0.15, -0.1) is 5.10 Å². The van der Waals surface area contributed by atoms with Crippen LogP contribution in [0.3, 0.4) is 0 Å². The molecule has 2 N–H and O–H groups in total. The number of ether oxygens (including phenoxy) is 1. The van der Waals surface area contributed by atoms with Crippen molar-refractivity contribution >= 4 is 28.9 Å². The van der Waals surface area contributed by atoms with Gasteiger partial charge in [0.1, 0.15) is 0 Å². The van der Waals surface area contributed by atoms with Crippen molar-refractivity contribution in [3.05, 3.63) is 22.2 Å². The smallest absolute Gasteiger partial charge is 0.184 e. The molecule has 0 aliphatic carbocycles. The molecule has 0 amide bonds. The molecule has 1 saturated heterocycles. The first-order valence-corrected chi connectivity index (χ1v) is 6.98. The van der Waals surface area contributed by atoms with E-state index in [1.165, 1.54) is 0 Å². The van der Waals surface area contributed by atoms with Crippen molar-refractivity contribution in [3.8, 4) is 11.4 Å². The lowest BCUT2D eigenvalue weighted by Gasteiger charge is -2.16. The molecule has 2 aromatic rings. The number of aromatic nitrogens is 4. The van der Waals surface area contributed by atoms with Gasteiger partial charge in [-0.3, -0.25) is 0 Å². The molecule has 0 radical (unpaired) electrons. The van der Waals surface area contributed by atoms with Crippen LogP contribution < -0.4 is 5.73 Å². The van der Waals surface area contributed by atoms with Crippen LogP contribution in [0.15, 0.2) is 12.1 Å². The number of hydrogen-bond donors (Lipinski definition) is 1. The zero-order valence-corrected chi connectivity index (χ0v) is 12.3. The molecule has 2 unspecified atom stereocenters. The molecule has 0 spiro atoms. The van der Waals surface area contributed by atoms with E-state index in [1.54, 1.807) is 16.8 Å². The Bertz CT molecular complexity index is 645. The molecule has 2 atom stereocenters. The van der Waals surface area contributed by atoms with Crippen molar-refractivity contribution in [1.82, 2.24) is 20.2 Å². The molecule has 1 aromatic heterocycles. The van der Waals surface area contributed by atoms with E-state index < -0.39 is 0 Å². The fourth-order valence-corrected chi connectivity index (χ4v) is 2.83. The number of nitrogen functional groups attached to an aromatic ring is 1. The molecule has 0 saturated carbocycles. The summed E-state index contributed by atoms with van der Waals surface area (Å²) < 4.78 is 7.29. The molecule has 8 heteroatoms. The molecule has 1 aliphatic heterocycles. The number of hydrogen-bond acceptors (Lipinski definition) is 5. The predicted octanol–water partition coefficient (Wildman–Crippen LogP) is 2.58. The van der Waals surface area contributed by atoms with Crippen LogP contribution in [0.25, 0.3) is 11.4 Å². The van der Waals surface area contributed by atoms with E-state index in [4.69, 9.17) is 33.7 Å². The Kier molecular flexibility index (Phi) is 3.54. The van der Waals surface area contributed by atoms with E-state index in [2.05, 4.69) is 15.5 Å². The number of nitrogens with zero attached hydrogens (tertiary/aromatic N) is 4. The molecule has 6 nitrogen and oxygen atoms in total. The number of rotatable bonds is 2. The van der Waals surface area contributed by atoms with Crippen LogP contribution in [-0.2, 0) is 4.74 Å². The van der Waals surface area contributed by atoms with Gasteiger partial charge in [0, 0.05) is 17.9 Å². The molecule has 0 bridgehead atoms. The number of benzene rings is 1. The van der Waals surface area contributed by atoms with Crippen LogP contribution in [0.5, 0.6) is 0 Å². The quantitative estimate of drug-likeness (QED) is 0.862.